The van der Waals surface area contributed by atoms with Crippen molar-refractivity contribution >= 4 is 0 Å². The van der Waals surface area contributed by atoms with Gasteiger partial charge in [-0.25, -0.2) is 0 Å². The number of quaternary nitrogens is 1. The molecule has 0 amide bonds. The topological polar surface area (TPSA) is 0 Å². The van der Waals surface area contributed by atoms with Gasteiger partial charge in [0, 0.05) is 18.8 Å². The summed E-state index contributed by atoms with van der Waals surface area (Å²) in [7, 11) is 0. The Morgan fingerprint density at radius 3 is 2.07 bits per heavy atom. The summed E-state index contributed by atoms with van der Waals surface area (Å²) in [5, 5.41) is 0. The second-order valence-electron chi connectivity index (χ2n) is 5.89. The first-order chi connectivity index (χ1) is 6.73. The molecule has 1 aliphatic heterocycles. The minimum Gasteiger partial charge on any atom is -0.321 e. The highest BCUT2D eigenvalue weighted by atomic mass is 15.4. The van der Waals surface area contributed by atoms with Crippen LogP contribution in [0.2, 0.25) is 0 Å². The van der Waals surface area contributed by atoms with E-state index in [-0.39, 0.29) is 0 Å². The molecule has 0 N–H and O–H groups in total. The third-order valence-electron chi connectivity index (χ3n) is 4.28. The lowest BCUT2D eigenvalue weighted by Crippen LogP contribution is -2.54. The van der Waals surface area contributed by atoms with Gasteiger partial charge in [-0.05, 0) is 25.7 Å². The Morgan fingerprint density at radius 1 is 1.00 bits per heavy atom. The van der Waals surface area contributed by atoms with E-state index < -0.39 is 0 Å². The van der Waals surface area contributed by atoms with E-state index in [0.717, 1.165) is 12.0 Å². The quantitative estimate of drug-likeness (QED) is 0.608. The van der Waals surface area contributed by atoms with Crippen LogP contribution in [0.5, 0.6) is 0 Å². The summed E-state index contributed by atoms with van der Waals surface area (Å²) in [6, 6.07) is 1.04. The molecule has 2 aliphatic rings. The second-order valence-corrected chi connectivity index (χ2v) is 5.89. The average Bonchev–Trinajstić information content (AvgIpc) is 2.69. The Bertz CT molecular complexity index is 174. The maximum atomic E-state index is 2.40. The SMILES string of the molecule is CC(C)C[N+]1(C2CCCC2)CCCC1. The van der Waals surface area contributed by atoms with Gasteiger partial charge in [0.2, 0.25) is 0 Å². The molecule has 0 aromatic heterocycles. The van der Waals surface area contributed by atoms with Gasteiger partial charge in [0.15, 0.2) is 0 Å². The standard InChI is InChI=1S/C13H26N/c1-12(2)11-14(9-5-6-10-14)13-7-3-4-8-13/h12-13H,3-11H2,1-2H3/q+1. The van der Waals surface area contributed by atoms with Gasteiger partial charge in [-0.1, -0.05) is 13.8 Å². The molecule has 1 heteroatoms. The number of hydrogen-bond acceptors (Lipinski definition) is 0. The summed E-state index contributed by atoms with van der Waals surface area (Å²) in [5.74, 6) is 0.883. The molecule has 0 aromatic carbocycles. The number of rotatable bonds is 3. The first-order valence-corrected chi connectivity index (χ1v) is 6.59. The van der Waals surface area contributed by atoms with Crippen LogP contribution in [0.25, 0.3) is 0 Å². The Balaban J connectivity index is 2.04. The van der Waals surface area contributed by atoms with E-state index in [1.807, 2.05) is 0 Å². The Hall–Kier alpha value is -0.0400. The lowest BCUT2D eigenvalue weighted by atomic mass is 10.1. The van der Waals surface area contributed by atoms with Gasteiger partial charge >= 0.3 is 0 Å². The van der Waals surface area contributed by atoms with Gasteiger partial charge < -0.3 is 4.48 Å². The Labute approximate surface area is 89.1 Å². The van der Waals surface area contributed by atoms with Crippen molar-refractivity contribution in [2.45, 2.75) is 58.4 Å². The minimum atomic E-state index is 0.883. The van der Waals surface area contributed by atoms with Crippen molar-refractivity contribution in [2.75, 3.05) is 19.6 Å². The Morgan fingerprint density at radius 2 is 1.57 bits per heavy atom. The van der Waals surface area contributed by atoms with Crippen molar-refractivity contribution in [3.05, 3.63) is 0 Å². The molecule has 1 saturated carbocycles. The van der Waals surface area contributed by atoms with Crippen molar-refractivity contribution in [3.63, 3.8) is 0 Å². The van der Waals surface area contributed by atoms with Crippen LogP contribution in [-0.4, -0.2) is 30.2 Å². The fourth-order valence-corrected chi connectivity index (χ4v) is 3.84. The normalized spacial score (nSPS) is 27.6. The van der Waals surface area contributed by atoms with E-state index in [9.17, 15) is 0 Å². The molecule has 0 atom stereocenters. The van der Waals surface area contributed by atoms with Crippen LogP contribution in [0, 0.1) is 5.92 Å². The maximum absolute atomic E-state index is 2.40. The van der Waals surface area contributed by atoms with Crippen LogP contribution in [0.1, 0.15) is 52.4 Å². The molecular weight excluding hydrogens is 170 g/mol. The summed E-state index contributed by atoms with van der Waals surface area (Å²) in [6.07, 6.45) is 9.03. The van der Waals surface area contributed by atoms with Gasteiger partial charge in [-0.2, -0.15) is 0 Å². The first kappa shape index (κ1) is 10.5. The van der Waals surface area contributed by atoms with E-state index >= 15 is 0 Å². The summed E-state index contributed by atoms with van der Waals surface area (Å²) >= 11 is 0. The van der Waals surface area contributed by atoms with Gasteiger partial charge in [0.25, 0.3) is 0 Å². The molecule has 1 saturated heterocycles. The molecular formula is C13H26N+. The van der Waals surface area contributed by atoms with Crippen LogP contribution in [0.15, 0.2) is 0 Å². The van der Waals surface area contributed by atoms with Gasteiger partial charge in [0.1, 0.15) is 0 Å². The van der Waals surface area contributed by atoms with Crippen LogP contribution in [0.4, 0.5) is 0 Å². The van der Waals surface area contributed by atoms with Crippen LogP contribution in [0.3, 0.4) is 0 Å². The highest BCUT2D eigenvalue weighted by Gasteiger charge is 2.41. The number of likely N-dealkylation sites (tertiary alicyclic amines) is 1. The number of hydrogen-bond donors (Lipinski definition) is 0. The lowest BCUT2D eigenvalue weighted by Gasteiger charge is -2.41. The van der Waals surface area contributed by atoms with Gasteiger partial charge in [-0.15, -0.1) is 0 Å². The summed E-state index contributed by atoms with van der Waals surface area (Å²) in [6.45, 7) is 9.22. The molecule has 0 spiro atoms. The molecule has 14 heavy (non-hydrogen) atoms. The monoisotopic (exact) mass is 196 g/mol. The van der Waals surface area contributed by atoms with Crippen LogP contribution in [-0.2, 0) is 0 Å². The van der Waals surface area contributed by atoms with E-state index in [1.165, 1.54) is 62.6 Å². The molecule has 82 valence electrons. The third kappa shape index (κ3) is 1.98. The van der Waals surface area contributed by atoms with E-state index in [0.29, 0.717) is 0 Å². The minimum absolute atomic E-state index is 0.883. The van der Waals surface area contributed by atoms with Crippen molar-refractivity contribution in [3.8, 4) is 0 Å². The maximum Gasteiger partial charge on any atom is 0.0890 e. The molecule has 0 bridgehead atoms. The molecule has 1 heterocycles. The Kier molecular flexibility index (Phi) is 3.16. The largest absolute Gasteiger partial charge is 0.321 e. The highest BCUT2D eigenvalue weighted by Crippen LogP contribution is 2.34. The van der Waals surface area contributed by atoms with Crippen molar-refractivity contribution in [2.24, 2.45) is 5.92 Å². The van der Waals surface area contributed by atoms with Crippen molar-refractivity contribution < 1.29 is 4.48 Å². The molecule has 2 fully saturated rings. The smallest absolute Gasteiger partial charge is 0.0890 e. The van der Waals surface area contributed by atoms with Gasteiger partial charge in [-0.3, -0.25) is 0 Å². The van der Waals surface area contributed by atoms with E-state index in [2.05, 4.69) is 13.8 Å². The number of nitrogens with zero attached hydrogens (tertiary/aromatic N) is 1. The zero-order valence-corrected chi connectivity index (χ0v) is 9.97. The molecule has 1 aliphatic carbocycles. The first-order valence-electron chi connectivity index (χ1n) is 6.59. The summed E-state index contributed by atoms with van der Waals surface area (Å²) in [4.78, 5) is 0. The fourth-order valence-electron chi connectivity index (χ4n) is 3.84. The highest BCUT2D eigenvalue weighted by molar-refractivity contribution is 4.72. The molecule has 0 radical (unpaired) electrons. The van der Waals surface area contributed by atoms with Crippen molar-refractivity contribution in [1.29, 1.82) is 0 Å². The van der Waals surface area contributed by atoms with E-state index in [4.69, 9.17) is 0 Å². The molecule has 0 aromatic rings. The van der Waals surface area contributed by atoms with Crippen LogP contribution >= 0.6 is 0 Å². The van der Waals surface area contributed by atoms with E-state index in [1.54, 1.807) is 0 Å². The summed E-state index contributed by atoms with van der Waals surface area (Å²) in [5.41, 5.74) is 0. The predicted molar refractivity (Wildman–Crippen MR) is 61.2 cm³/mol. The zero-order chi connectivity index (χ0) is 10.0. The lowest BCUT2D eigenvalue weighted by molar-refractivity contribution is -0.942. The summed E-state index contributed by atoms with van der Waals surface area (Å²) < 4.78 is 1.50. The fraction of sp³-hybridized carbons (Fsp3) is 1.00. The molecule has 2 rings (SSSR count). The average molecular weight is 196 g/mol. The van der Waals surface area contributed by atoms with Crippen LogP contribution < -0.4 is 0 Å². The predicted octanol–water partition coefficient (Wildman–Crippen LogP) is 3.20. The van der Waals surface area contributed by atoms with Gasteiger partial charge in [0.05, 0.1) is 25.7 Å². The zero-order valence-electron chi connectivity index (χ0n) is 9.97. The second kappa shape index (κ2) is 4.22. The third-order valence-corrected chi connectivity index (χ3v) is 4.28. The molecule has 0 unspecified atom stereocenters. The molecule has 1 nitrogen and oxygen atoms in total. The van der Waals surface area contributed by atoms with Crippen molar-refractivity contribution in [1.82, 2.24) is 0 Å².